The second-order valence-electron chi connectivity index (χ2n) is 6.97. The minimum absolute atomic E-state index is 0.00110. The largest absolute Gasteiger partial charge is 0.368 e. The first-order chi connectivity index (χ1) is 11.5. The van der Waals surface area contributed by atoms with Crippen molar-refractivity contribution in [1.29, 1.82) is 0 Å². The van der Waals surface area contributed by atoms with E-state index in [0.29, 0.717) is 22.6 Å². The molecule has 4 nitrogen and oxygen atoms in total. The molecule has 24 heavy (non-hydrogen) atoms. The van der Waals surface area contributed by atoms with E-state index in [4.69, 9.17) is 5.73 Å². The first kappa shape index (κ1) is 16.1. The van der Waals surface area contributed by atoms with Gasteiger partial charge in [-0.25, -0.2) is 4.39 Å². The smallest absolute Gasteiger partial charge is 0.251 e. The molecular formula is C18H21BrFN3O. The van der Waals surface area contributed by atoms with E-state index < -0.39 is 0 Å². The Morgan fingerprint density at radius 1 is 1.33 bits per heavy atom. The molecule has 0 radical (unpaired) electrons. The van der Waals surface area contributed by atoms with E-state index in [9.17, 15) is 4.79 Å². The Hall–Kier alpha value is -1.40. The highest BCUT2D eigenvalue weighted by Gasteiger charge is 2.31. The molecule has 2 aromatic rings. The molecule has 2 fully saturated rings. The summed E-state index contributed by atoms with van der Waals surface area (Å²) in [6.07, 6.45) is 3.01. The molecule has 1 atom stereocenters. The molecule has 1 aromatic carbocycles. The van der Waals surface area contributed by atoms with Crippen LogP contribution in [0.4, 0.5) is 10.1 Å². The molecule has 4 rings (SSSR count). The summed E-state index contributed by atoms with van der Waals surface area (Å²) in [5.41, 5.74) is 8.06. The Balaban J connectivity index is 2.00. The van der Waals surface area contributed by atoms with Crippen LogP contribution < -0.4 is 16.2 Å². The van der Waals surface area contributed by atoms with Crippen molar-refractivity contribution in [3.63, 3.8) is 0 Å². The molecular weight excluding hydrogens is 373 g/mol. The molecule has 0 spiro atoms. The van der Waals surface area contributed by atoms with Crippen molar-refractivity contribution < 1.29 is 4.39 Å². The van der Waals surface area contributed by atoms with Gasteiger partial charge in [0.05, 0.1) is 15.7 Å². The van der Waals surface area contributed by atoms with Gasteiger partial charge in [-0.1, -0.05) is 0 Å². The molecule has 128 valence electrons. The number of pyridine rings is 1. The maximum atomic E-state index is 15.1. The topological polar surface area (TPSA) is 51.3 Å². The predicted molar refractivity (Wildman–Crippen MR) is 98.2 cm³/mol. The van der Waals surface area contributed by atoms with Crippen molar-refractivity contribution in [2.75, 3.05) is 24.5 Å². The van der Waals surface area contributed by atoms with E-state index >= 15 is 4.39 Å². The van der Waals surface area contributed by atoms with Crippen LogP contribution in [0.1, 0.15) is 30.9 Å². The van der Waals surface area contributed by atoms with Gasteiger partial charge in [0, 0.05) is 30.6 Å². The lowest BCUT2D eigenvalue weighted by molar-refractivity contribution is 0.596. The second-order valence-corrected chi connectivity index (χ2v) is 7.77. The van der Waals surface area contributed by atoms with Crippen LogP contribution in [-0.2, 0) is 0 Å². The fourth-order valence-corrected chi connectivity index (χ4v) is 4.23. The highest BCUT2D eigenvalue weighted by atomic mass is 79.9. The van der Waals surface area contributed by atoms with E-state index in [1.807, 2.05) is 11.5 Å². The minimum Gasteiger partial charge on any atom is -0.368 e. The molecule has 1 saturated carbocycles. The molecule has 0 amide bonds. The first-order valence-corrected chi connectivity index (χ1v) is 9.30. The number of benzene rings is 1. The zero-order valence-corrected chi connectivity index (χ0v) is 15.3. The van der Waals surface area contributed by atoms with Crippen LogP contribution in [0.2, 0.25) is 0 Å². The highest BCUT2D eigenvalue weighted by molar-refractivity contribution is 9.10. The predicted octanol–water partition coefficient (Wildman–Crippen LogP) is 3.33. The molecule has 2 N–H and O–H groups in total. The lowest BCUT2D eigenvalue weighted by atomic mass is 10.1. The zero-order valence-electron chi connectivity index (χ0n) is 13.7. The highest BCUT2D eigenvalue weighted by Crippen LogP contribution is 2.43. The van der Waals surface area contributed by atoms with Crippen LogP contribution >= 0.6 is 15.9 Å². The van der Waals surface area contributed by atoms with Crippen molar-refractivity contribution >= 4 is 32.5 Å². The Morgan fingerprint density at radius 2 is 2.08 bits per heavy atom. The van der Waals surface area contributed by atoms with Gasteiger partial charge in [0.1, 0.15) is 0 Å². The van der Waals surface area contributed by atoms with E-state index in [1.165, 1.54) is 0 Å². The molecule has 1 aliphatic carbocycles. The van der Waals surface area contributed by atoms with Crippen LogP contribution in [0.15, 0.2) is 21.4 Å². The lowest BCUT2D eigenvalue weighted by Gasteiger charge is -2.24. The van der Waals surface area contributed by atoms with Gasteiger partial charge in [-0.3, -0.25) is 4.79 Å². The molecule has 1 aromatic heterocycles. The quantitative estimate of drug-likeness (QED) is 0.869. The molecule has 6 heteroatoms. The molecule has 1 aliphatic heterocycles. The molecule has 2 heterocycles. The Morgan fingerprint density at radius 3 is 2.71 bits per heavy atom. The van der Waals surface area contributed by atoms with Crippen LogP contribution in [0, 0.1) is 18.7 Å². The van der Waals surface area contributed by atoms with Gasteiger partial charge < -0.3 is 15.2 Å². The van der Waals surface area contributed by atoms with Crippen LogP contribution in [0.5, 0.6) is 0 Å². The number of nitrogens with two attached hydrogens (primary N) is 1. The maximum Gasteiger partial charge on any atom is 0.251 e. The summed E-state index contributed by atoms with van der Waals surface area (Å²) >= 11 is 3.42. The molecule has 1 saturated heterocycles. The van der Waals surface area contributed by atoms with Gasteiger partial charge in [-0.05, 0) is 66.2 Å². The van der Waals surface area contributed by atoms with E-state index in [0.717, 1.165) is 48.8 Å². The fraction of sp³-hybridized carbons (Fsp3) is 0.500. The number of anilines is 1. The van der Waals surface area contributed by atoms with Crippen molar-refractivity contribution in [3.05, 3.63) is 38.3 Å². The van der Waals surface area contributed by atoms with Crippen molar-refractivity contribution in [3.8, 4) is 0 Å². The van der Waals surface area contributed by atoms with Gasteiger partial charge in [0.15, 0.2) is 5.82 Å². The first-order valence-electron chi connectivity index (χ1n) is 8.50. The summed E-state index contributed by atoms with van der Waals surface area (Å²) in [5.74, 6) is 0.160. The molecule has 2 aliphatic rings. The van der Waals surface area contributed by atoms with Crippen LogP contribution in [0.3, 0.4) is 0 Å². The standard InChI is InChI=1S/C18H21BrFN3O/c1-10-15(19)16(20)18(22-7-6-11(8-21)9-22)13-4-5-14(24)23(17(10)13)12-2-3-12/h4-5,11-12H,2-3,6-9,21H2,1H3. The Kier molecular flexibility index (Phi) is 3.92. The number of aryl methyl sites for hydroxylation is 1. The summed E-state index contributed by atoms with van der Waals surface area (Å²) in [4.78, 5) is 14.5. The number of hydrogen-bond donors (Lipinski definition) is 1. The number of fused-ring (bicyclic) bond motifs is 1. The van der Waals surface area contributed by atoms with Crippen molar-refractivity contribution in [2.24, 2.45) is 11.7 Å². The molecule has 1 unspecified atom stereocenters. The Labute approximate surface area is 148 Å². The van der Waals surface area contributed by atoms with E-state index in [2.05, 4.69) is 20.8 Å². The van der Waals surface area contributed by atoms with Gasteiger partial charge in [-0.2, -0.15) is 0 Å². The lowest BCUT2D eigenvalue weighted by Crippen LogP contribution is -2.25. The summed E-state index contributed by atoms with van der Waals surface area (Å²) in [7, 11) is 0. The third kappa shape index (κ3) is 2.39. The Bertz CT molecular complexity index is 875. The minimum atomic E-state index is -0.237. The van der Waals surface area contributed by atoms with Gasteiger partial charge in [0.2, 0.25) is 0 Å². The number of rotatable bonds is 3. The summed E-state index contributed by atoms with van der Waals surface area (Å²) in [5, 5.41) is 0.831. The van der Waals surface area contributed by atoms with Crippen LogP contribution in [-0.4, -0.2) is 24.2 Å². The van der Waals surface area contributed by atoms with Gasteiger partial charge >= 0.3 is 0 Å². The van der Waals surface area contributed by atoms with Crippen LogP contribution in [0.25, 0.3) is 10.9 Å². The summed E-state index contributed by atoms with van der Waals surface area (Å²) in [6, 6.07) is 3.61. The normalized spacial score (nSPS) is 21.0. The SMILES string of the molecule is Cc1c(Br)c(F)c(N2CCC(CN)C2)c2ccc(=O)n(C3CC3)c12. The van der Waals surface area contributed by atoms with Crippen molar-refractivity contribution in [1.82, 2.24) is 4.57 Å². The zero-order chi connectivity index (χ0) is 17.0. The second kappa shape index (κ2) is 5.85. The fourth-order valence-electron chi connectivity index (χ4n) is 3.85. The summed E-state index contributed by atoms with van der Waals surface area (Å²) in [6.45, 7) is 4.06. The molecule has 0 bridgehead atoms. The van der Waals surface area contributed by atoms with E-state index in [1.54, 1.807) is 12.1 Å². The van der Waals surface area contributed by atoms with Gasteiger partial charge in [0.25, 0.3) is 5.56 Å². The average Bonchev–Trinajstić information content (AvgIpc) is 3.30. The van der Waals surface area contributed by atoms with Gasteiger partial charge in [-0.15, -0.1) is 0 Å². The number of hydrogen-bond acceptors (Lipinski definition) is 3. The number of halogens is 2. The number of nitrogens with zero attached hydrogens (tertiary/aromatic N) is 2. The van der Waals surface area contributed by atoms with Crippen molar-refractivity contribution in [2.45, 2.75) is 32.2 Å². The monoisotopic (exact) mass is 393 g/mol. The summed E-state index contributed by atoms with van der Waals surface area (Å²) < 4.78 is 17.4. The van der Waals surface area contributed by atoms with E-state index in [-0.39, 0.29) is 17.4 Å². The third-order valence-corrected chi connectivity index (χ3v) is 6.26. The average molecular weight is 394 g/mol. The third-order valence-electron chi connectivity index (χ3n) is 5.31. The maximum absolute atomic E-state index is 15.1. The number of aromatic nitrogens is 1.